The molecule has 0 aliphatic carbocycles. The second kappa shape index (κ2) is 5.99. The number of ether oxygens (including phenoxy) is 1. The van der Waals surface area contributed by atoms with Crippen LogP contribution in [0.2, 0.25) is 0 Å². The molecular formula is C20H21FN2O2. The van der Waals surface area contributed by atoms with Crippen LogP contribution in [0.1, 0.15) is 42.4 Å². The number of nitrogens with zero attached hydrogens (tertiary/aromatic N) is 1. The molecule has 1 aromatic heterocycles. The van der Waals surface area contributed by atoms with Gasteiger partial charge < -0.3 is 4.74 Å². The predicted molar refractivity (Wildman–Crippen MR) is 96.1 cm³/mol. The van der Waals surface area contributed by atoms with Crippen LogP contribution >= 0.6 is 0 Å². The van der Waals surface area contributed by atoms with Gasteiger partial charge in [-0.1, -0.05) is 12.1 Å². The van der Waals surface area contributed by atoms with E-state index >= 15 is 0 Å². The summed E-state index contributed by atoms with van der Waals surface area (Å²) in [6, 6.07) is 8.64. The summed E-state index contributed by atoms with van der Waals surface area (Å²) < 4.78 is 19.8. The number of carbonyl (C=O) groups is 1. The molecule has 0 spiro atoms. The summed E-state index contributed by atoms with van der Waals surface area (Å²) in [6.45, 7) is 8.99. The van der Waals surface area contributed by atoms with Gasteiger partial charge in [0, 0.05) is 11.1 Å². The Bertz CT molecular complexity index is 968. The van der Waals surface area contributed by atoms with E-state index in [1.54, 1.807) is 33.8 Å². The first-order valence-electron chi connectivity index (χ1n) is 8.14. The van der Waals surface area contributed by atoms with Crippen LogP contribution in [0.3, 0.4) is 0 Å². The fourth-order valence-corrected chi connectivity index (χ4v) is 2.75. The number of benzene rings is 2. The number of fused-ring (bicyclic) bond motifs is 1. The third-order valence-corrected chi connectivity index (χ3v) is 4.04. The van der Waals surface area contributed by atoms with E-state index in [1.165, 1.54) is 6.07 Å². The van der Waals surface area contributed by atoms with Gasteiger partial charge in [-0.05, 0) is 69.5 Å². The van der Waals surface area contributed by atoms with E-state index < -0.39 is 17.4 Å². The van der Waals surface area contributed by atoms with E-state index in [-0.39, 0.29) is 5.56 Å². The predicted octanol–water partition coefficient (Wildman–Crippen LogP) is 4.94. The van der Waals surface area contributed by atoms with Gasteiger partial charge in [0.15, 0.2) is 0 Å². The van der Waals surface area contributed by atoms with Crippen molar-refractivity contribution in [3.63, 3.8) is 0 Å². The van der Waals surface area contributed by atoms with E-state index in [0.29, 0.717) is 11.1 Å². The lowest BCUT2D eigenvalue weighted by Gasteiger charge is -2.20. The van der Waals surface area contributed by atoms with Gasteiger partial charge in [0.2, 0.25) is 0 Å². The van der Waals surface area contributed by atoms with E-state index in [1.807, 2.05) is 25.1 Å². The van der Waals surface area contributed by atoms with Crippen molar-refractivity contribution in [3.05, 3.63) is 53.0 Å². The highest BCUT2D eigenvalue weighted by Crippen LogP contribution is 2.30. The van der Waals surface area contributed by atoms with E-state index in [0.717, 1.165) is 22.2 Å². The van der Waals surface area contributed by atoms with Crippen LogP contribution in [0.15, 0.2) is 30.3 Å². The van der Waals surface area contributed by atoms with Crippen molar-refractivity contribution in [2.24, 2.45) is 0 Å². The van der Waals surface area contributed by atoms with Crippen molar-refractivity contribution >= 4 is 16.9 Å². The molecule has 0 amide bonds. The molecule has 0 saturated heterocycles. The van der Waals surface area contributed by atoms with E-state index in [4.69, 9.17) is 4.74 Å². The average Bonchev–Trinajstić information content (AvgIpc) is 2.89. The molecule has 0 aliphatic rings. The van der Waals surface area contributed by atoms with Crippen molar-refractivity contribution in [1.82, 2.24) is 10.2 Å². The van der Waals surface area contributed by atoms with Crippen LogP contribution in [0.5, 0.6) is 0 Å². The summed E-state index contributed by atoms with van der Waals surface area (Å²) in [5.74, 6) is -0.971. The largest absolute Gasteiger partial charge is 0.456 e. The van der Waals surface area contributed by atoms with Crippen molar-refractivity contribution in [1.29, 1.82) is 0 Å². The fraction of sp³-hybridized carbons (Fsp3) is 0.300. The standard InChI is InChI=1S/C20H21FN2O2/c1-11-16(13-6-7-15-12(2)22-23-18(15)10-13)8-14(9-17(11)21)19(24)25-20(3,4)5/h6-10H,1-5H3,(H,22,23). The molecule has 0 bridgehead atoms. The molecule has 0 atom stereocenters. The third kappa shape index (κ3) is 3.40. The van der Waals surface area contributed by atoms with Gasteiger partial charge in [0.05, 0.1) is 11.1 Å². The summed E-state index contributed by atoms with van der Waals surface area (Å²) in [7, 11) is 0. The van der Waals surface area contributed by atoms with Gasteiger partial charge in [0.1, 0.15) is 11.4 Å². The lowest BCUT2D eigenvalue weighted by molar-refractivity contribution is 0.00690. The van der Waals surface area contributed by atoms with Gasteiger partial charge in [-0.3, -0.25) is 5.10 Å². The maximum Gasteiger partial charge on any atom is 0.338 e. The monoisotopic (exact) mass is 340 g/mol. The number of rotatable bonds is 2. The van der Waals surface area contributed by atoms with Crippen molar-refractivity contribution in [2.75, 3.05) is 0 Å². The zero-order valence-corrected chi connectivity index (χ0v) is 15.0. The molecule has 1 N–H and O–H groups in total. The lowest BCUT2D eigenvalue weighted by atomic mass is 9.96. The van der Waals surface area contributed by atoms with E-state index in [9.17, 15) is 9.18 Å². The van der Waals surface area contributed by atoms with Crippen molar-refractivity contribution in [2.45, 2.75) is 40.2 Å². The Kier molecular flexibility index (Phi) is 4.11. The fourth-order valence-electron chi connectivity index (χ4n) is 2.75. The number of aryl methyl sites for hydroxylation is 1. The number of H-pyrrole nitrogens is 1. The van der Waals surface area contributed by atoms with Crippen LogP contribution < -0.4 is 0 Å². The number of hydrogen-bond acceptors (Lipinski definition) is 3. The first-order chi connectivity index (χ1) is 11.7. The number of aromatic amines is 1. The molecule has 3 aromatic rings. The highest BCUT2D eigenvalue weighted by Gasteiger charge is 2.20. The van der Waals surface area contributed by atoms with E-state index in [2.05, 4.69) is 10.2 Å². The quantitative estimate of drug-likeness (QED) is 0.672. The second-order valence-corrected chi connectivity index (χ2v) is 7.21. The molecule has 0 aliphatic heterocycles. The summed E-state index contributed by atoms with van der Waals surface area (Å²) in [4.78, 5) is 12.3. The number of nitrogens with one attached hydrogen (secondary N) is 1. The molecule has 25 heavy (non-hydrogen) atoms. The summed E-state index contributed by atoms with van der Waals surface area (Å²) in [5, 5.41) is 8.21. The Morgan fingerprint density at radius 3 is 2.56 bits per heavy atom. The molecule has 3 rings (SSSR count). The zero-order valence-electron chi connectivity index (χ0n) is 15.0. The lowest BCUT2D eigenvalue weighted by Crippen LogP contribution is -2.24. The van der Waals surface area contributed by atoms with Crippen LogP contribution in [-0.4, -0.2) is 21.8 Å². The molecule has 0 radical (unpaired) electrons. The van der Waals surface area contributed by atoms with Gasteiger partial charge >= 0.3 is 5.97 Å². The molecule has 4 nitrogen and oxygen atoms in total. The SMILES string of the molecule is Cc1c(F)cc(C(=O)OC(C)(C)C)cc1-c1ccc2c(C)[nH]nc2c1. The third-order valence-electron chi connectivity index (χ3n) is 4.04. The van der Waals surface area contributed by atoms with Gasteiger partial charge in [0.25, 0.3) is 0 Å². The Morgan fingerprint density at radius 1 is 1.16 bits per heavy atom. The maximum atomic E-state index is 14.4. The maximum absolute atomic E-state index is 14.4. The van der Waals surface area contributed by atoms with Crippen LogP contribution in [0.25, 0.3) is 22.0 Å². The number of carbonyl (C=O) groups excluding carboxylic acids is 1. The average molecular weight is 340 g/mol. The number of esters is 1. The van der Waals surface area contributed by atoms with Gasteiger partial charge in [-0.2, -0.15) is 5.10 Å². The Balaban J connectivity index is 2.09. The summed E-state index contributed by atoms with van der Waals surface area (Å²) in [6.07, 6.45) is 0. The smallest absolute Gasteiger partial charge is 0.338 e. The summed E-state index contributed by atoms with van der Waals surface area (Å²) in [5.41, 5.74) is 3.29. The van der Waals surface area contributed by atoms with Gasteiger partial charge in [-0.15, -0.1) is 0 Å². The molecule has 130 valence electrons. The molecular weight excluding hydrogens is 319 g/mol. The van der Waals surface area contributed by atoms with Crippen LogP contribution in [0.4, 0.5) is 4.39 Å². The molecule has 1 heterocycles. The molecule has 0 unspecified atom stereocenters. The highest BCUT2D eigenvalue weighted by molar-refractivity contribution is 5.93. The Morgan fingerprint density at radius 2 is 1.88 bits per heavy atom. The minimum Gasteiger partial charge on any atom is -0.456 e. The van der Waals surface area contributed by atoms with Crippen LogP contribution in [-0.2, 0) is 4.74 Å². The van der Waals surface area contributed by atoms with Crippen LogP contribution in [0, 0.1) is 19.7 Å². The molecule has 5 heteroatoms. The number of aromatic nitrogens is 2. The number of halogens is 1. The zero-order chi connectivity index (χ0) is 18.4. The minimum absolute atomic E-state index is 0.200. The van der Waals surface area contributed by atoms with Gasteiger partial charge in [-0.25, -0.2) is 9.18 Å². The molecule has 2 aromatic carbocycles. The molecule has 0 fully saturated rings. The summed E-state index contributed by atoms with van der Waals surface area (Å²) >= 11 is 0. The van der Waals surface area contributed by atoms with Crippen molar-refractivity contribution in [3.8, 4) is 11.1 Å². The highest BCUT2D eigenvalue weighted by atomic mass is 19.1. The topological polar surface area (TPSA) is 55.0 Å². The Hall–Kier alpha value is -2.69. The second-order valence-electron chi connectivity index (χ2n) is 7.21. The number of hydrogen-bond donors (Lipinski definition) is 1. The molecule has 0 saturated carbocycles. The first kappa shape index (κ1) is 17.1. The van der Waals surface area contributed by atoms with Crippen molar-refractivity contribution < 1.29 is 13.9 Å². The Labute approximate surface area is 146 Å². The minimum atomic E-state index is -0.635. The normalized spacial score (nSPS) is 11.8. The first-order valence-corrected chi connectivity index (χ1v) is 8.14.